The number of alkyl halides is 3. The standard InChI is InChI=1S/C4H2F3NO/c1-2-3(8-9)4(5,6)7/h1H2. The second-order valence-electron chi connectivity index (χ2n) is 1.11. The summed E-state index contributed by atoms with van der Waals surface area (Å²) in [4.78, 5) is 9.27. The number of halogens is 3. The van der Waals surface area contributed by atoms with Crippen molar-refractivity contribution in [3.63, 3.8) is 0 Å². The molecule has 0 amide bonds. The molecule has 0 N–H and O–H groups in total. The van der Waals surface area contributed by atoms with Gasteiger partial charge in [0.15, 0.2) is 0 Å². The van der Waals surface area contributed by atoms with Gasteiger partial charge in [-0.2, -0.15) is 13.2 Å². The summed E-state index contributed by atoms with van der Waals surface area (Å²) >= 11 is 0. The molecule has 0 saturated heterocycles. The molecule has 0 radical (unpaired) electrons. The molecule has 0 heterocycles. The lowest BCUT2D eigenvalue weighted by Crippen LogP contribution is -2.08. The van der Waals surface area contributed by atoms with Crippen LogP contribution in [0, 0.1) is 4.91 Å². The zero-order valence-electron chi connectivity index (χ0n) is 4.20. The van der Waals surface area contributed by atoms with Gasteiger partial charge in [0.1, 0.15) is 0 Å². The Morgan fingerprint density at radius 1 is 1.56 bits per heavy atom. The number of hydrogen-bond donors (Lipinski definition) is 0. The Balaban J connectivity index is 4.53. The van der Waals surface area contributed by atoms with Gasteiger partial charge in [-0.05, 0) is 5.18 Å². The summed E-state index contributed by atoms with van der Waals surface area (Å²) in [5.41, 5.74) is -0.269. The maximum atomic E-state index is 11.3. The third-order valence-corrected chi connectivity index (χ3v) is 0.527. The van der Waals surface area contributed by atoms with Gasteiger partial charge in [0.05, 0.1) is 0 Å². The number of nitrogens with zero attached hydrogens (tertiary/aromatic N) is 1. The third-order valence-electron chi connectivity index (χ3n) is 0.527. The smallest absolute Gasteiger partial charge is 0.164 e. The van der Waals surface area contributed by atoms with Crippen molar-refractivity contribution in [2.24, 2.45) is 5.18 Å². The predicted molar refractivity (Wildman–Crippen MR) is 24.5 cm³/mol. The summed E-state index contributed by atoms with van der Waals surface area (Å²) in [7, 11) is 0. The molecule has 0 fully saturated rings. The second kappa shape index (κ2) is 2.46. The van der Waals surface area contributed by atoms with E-state index in [1.165, 1.54) is 5.73 Å². The van der Waals surface area contributed by atoms with E-state index < -0.39 is 11.9 Å². The molecule has 2 nitrogen and oxygen atoms in total. The fraction of sp³-hybridized carbons (Fsp3) is 0.250. The van der Waals surface area contributed by atoms with Crippen molar-refractivity contribution in [1.29, 1.82) is 0 Å². The van der Waals surface area contributed by atoms with E-state index in [0.29, 0.717) is 0 Å². The summed E-state index contributed by atoms with van der Waals surface area (Å²) in [6.45, 7) is 2.62. The first-order valence-electron chi connectivity index (χ1n) is 1.83. The molecule has 0 saturated carbocycles. The van der Waals surface area contributed by atoms with E-state index >= 15 is 0 Å². The minimum atomic E-state index is -4.72. The molecule has 0 atom stereocenters. The highest BCUT2D eigenvalue weighted by atomic mass is 19.4. The molecule has 0 aromatic carbocycles. The molecule has 0 aliphatic carbocycles. The molecule has 0 aromatic heterocycles. The van der Waals surface area contributed by atoms with Crippen molar-refractivity contribution in [2.45, 2.75) is 6.18 Å². The van der Waals surface area contributed by atoms with E-state index in [4.69, 9.17) is 0 Å². The molecule has 0 aliphatic heterocycles. The third kappa shape index (κ3) is 2.10. The average Bonchev–Trinajstić information content (AvgIpc) is 1.65. The predicted octanol–water partition coefficient (Wildman–Crippen LogP) is 1.98. The summed E-state index contributed by atoms with van der Waals surface area (Å²) in [5, 5.41) is 1.65. The Morgan fingerprint density at radius 3 is 2.00 bits per heavy atom. The van der Waals surface area contributed by atoms with E-state index in [1.54, 1.807) is 5.18 Å². The van der Waals surface area contributed by atoms with Crippen molar-refractivity contribution in [2.75, 3.05) is 0 Å². The molecule has 0 unspecified atom stereocenters. The van der Waals surface area contributed by atoms with Gasteiger partial charge in [0, 0.05) is 0 Å². The van der Waals surface area contributed by atoms with Crippen molar-refractivity contribution in [3.8, 4) is 0 Å². The fourth-order valence-electron chi connectivity index (χ4n) is 0.184. The van der Waals surface area contributed by atoms with Crippen LogP contribution in [0.2, 0.25) is 0 Å². The maximum Gasteiger partial charge on any atom is 0.444 e. The first-order valence-corrected chi connectivity index (χ1v) is 1.83. The first-order chi connectivity index (χ1) is 4.02. The lowest BCUT2D eigenvalue weighted by molar-refractivity contribution is -0.0922. The van der Waals surface area contributed by atoms with Gasteiger partial charge in [-0.25, -0.2) is 0 Å². The molecule has 0 spiro atoms. The van der Waals surface area contributed by atoms with Crippen LogP contribution >= 0.6 is 0 Å². The van der Waals surface area contributed by atoms with Gasteiger partial charge >= 0.3 is 6.18 Å². The Bertz CT molecular complexity index is 165. The van der Waals surface area contributed by atoms with Crippen LogP contribution in [-0.2, 0) is 0 Å². The normalized spacial score (nSPS) is 10.1. The van der Waals surface area contributed by atoms with Crippen molar-refractivity contribution in [1.82, 2.24) is 0 Å². The molecule has 50 valence electrons. The van der Waals surface area contributed by atoms with Gasteiger partial charge in [0.2, 0.25) is 5.70 Å². The monoisotopic (exact) mass is 137 g/mol. The summed E-state index contributed by atoms with van der Waals surface area (Å²) in [5.74, 6) is 0. The lowest BCUT2D eigenvalue weighted by atomic mass is 10.5. The number of allylic oxidation sites excluding steroid dienone is 1. The Morgan fingerprint density at radius 2 is 2.00 bits per heavy atom. The average molecular weight is 137 g/mol. The van der Waals surface area contributed by atoms with E-state index in [1.807, 2.05) is 0 Å². The molecule has 0 aliphatic rings. The van der Waals surface area contributed by atoms with Crippen LogP contribution in [-0.4, -0.2) is 6.18 Å². The zero-order valence-corrected chi connectivity index (χ0v) is 4.20. The maximum absolute atomic E-state index is 11.3. The molecular weight excluding hydrogens is 135 g/mol. The minimum absolute atomic E-state index is 1.35. The Hall–Kier alpha value is -1.09. The van der Waals surface area contributed by atoms with Crippen LogP contribution in [0.1, 0.15) is 0 Å². The van der Waals surface area contributed by atoms with Crippen LogP contribution in [0.5, 0.6) is 0 Å². The van der Waals surface area contributed by atoms with E-state index in [2.05, 4.69) is 6.58 Å². The second-order valence-corrected chi connectivity index (χ2v) is 1.11. The van der Waals surface area contributed by atoms with Gasteiger partial charge in [0.25, 0.3) is 0 Å². The summed E-state index contributed by atoms with van der Waals surface area (Å²) in [6, 6.07) is 0. The van der Waals surface area contributed by atoms with Gasteiger partial charge < -0.3 is 0 Å². The van der Waals surface area contributed by atoms with E-state index in [-0.39, 0.29) is 0 Å². The van der Waals surface area contributed by atoms with Crippen molar-refractivity contribution < 1.29 is 13.2 Å². The van der Waals surface area contributed by atoms with Crippen molar-refractivity contribution in [3.05, 3.63) is 22.9 Å². The fourth-order valence-corrected chi connectivity index (χ4v) is 0.184. The van der Waals surface area contributed by atoms with Crippen LogP contribution < -0.4 is 0 Å². The van der Waals surface area contributed by atoms with E-state index in [9.17, 15) is 18.1 Å². The van der Waals surface area contributed by atoms with Crippen LogP contribution in [0.15, 0.2) is 23.2 Å². The quantitative estimate of drug-likeness (QED) is 0.401. The van der Waals surface area contributed by atoms with Gasteiger partial charge in [-0.1, -0.05) is 12.3 Å². The van der Waals surface area contributed by atoms with Crippen LogP contribution in [0.25, 0.3) is 0 Å². The van der Waals surface area contributed by atoms with Gasteiger partial charge in [-0.15, -0.1) is 4.91 Å². The number of hydrogen-bond acceptors (Lipinski definition) is 2. The summed E-state index contributed by atoms with van der Waals surface area (Å²) < 4.78 is 33.9. The molecule has 0 aromatic rings. The van der Waals surface area contributed by atoms with E-state index in [0.717, 1.165) is 0 Å². The highest BCUT2D eigenvalue weighted by Crippen LogP contribution is 2.24. The molecule has 9 heavy (non-hydrogen) atoms. The largest absolute Gasteiger partial charge is 0.444 e. The Kier molecular flexibility index (Phi) is 2.16. The minimum Gasteiger partial charge on any atom is -0.164 e. The topological polar surface area (TPSA) is 29.4 Å². The number of rotatable bonds is 1. The molecular formula is C4H2F3NO. The van der Waals surface area contributed by atoms with Crippen LogP contribution in [0.4, 0.5) is 13.2 Å². The van der Waals surface area contributed by atoms with Gasteiger partial charge in [-0.3, -0.25) is 0 Å². The van der Waals surface area contributed by atoms with Crippen molar-refractivity contribution >= 4 is 0 Å². The first kappa shape index (κ1) is 7.91. The van der Waals surface area contributed by atoms with Crippen LogP contribution in [0.3, 0.4) is 0 Å². The number of nitroso groups, excluding NO2 is 1. The SMILES string of the molecule is C=C=C(N=O)C(F)(F)F. The zero-order chi connectivity index (χ0) is 7.49. The molecule has 0 rings (SSSR count). The highest BCUT2D eigenvalue weighted by molar-refractivity contribution is 5.03. The molecule has 5 heteroatoms. The Labute approximate surface area is 48.6 Å². The molecule has 0 bridgehead atoms. The summed E-state index contributed by atoms with van der Waals surface area (Å²) in [6.07, 6.45) is -4.72. The highest BCUT2D eigenvalue weighted by Gasteiger charge is 2.35. The lowest BCUT2D eigenvalue weighted by Gasteiger charge is -1.98.